The van der Waals surface area contributed by atoms with Crippen molar-refractivity contribution in [1.82, 2.24) is 5.16 Å². The van der Waals surface area contributed by atoms with Gasteiger partial charge in [0.1, 0.15) is 23.7 Å². The lowest BCUT2D eigenvalue weighted by atomic mass is 9.98. The number of aryl methyl sites for hydroxylation is 2. The van der Waals surface area contributed by atoms with Gasteiger partial charge < -0.3 is 13.7 Å². The monoisotopic (exact) mass is 512 g/mol. The fourth-order valence-electron chi connectivity index (χ4n) is 4.66. The fourth-order valence-corrected chi connectivity index (χ4v) is 4.85. The molecule has 0 radical (unpaired) electrons. The molecule has 8 heteroatoms. The maximum absolute atomic E-state index is 13.8. The van der Waals surface area contributed by atoms with Gasteiger partial charge in [0.2, 0.25) is 5.76 Å². The standard InChI is InChI=1S/C29H21ClN2O5/c1-16-10-11-23-21(12-16)27(33)25-26(32(29(34)28(25)36-23)24-13-17(2)37-31-24)18-7-5-8-20(14-18)35-15-19-6-3-4-9-22(19)30/h3-14,26H,15H2,1-2H3/t26-/m1/s1. The third-order valence-electron chi connectivity index (χ3n) is 6.41. The van der Waals surface area contributed by atoms with Crippen LogP contribution < -0.4 is 15.1 Å². The number of carbonyl (C=O) groups is 1. The molecule has 6 rings (SSSR count). The lowest BCUT2D eigenvalue weighted by Crippen LogP contribution is -2.29. The molecule has 3 heterocycles. The summed E-state index contributed by atoms with van der Waals surface area (Å²) in [6, 6.07) is 20.9. The highest BCUT2D eigenvalue weighted by molar-refractivity contribution is 6.31. The quantitative estimate of drug-likeness (QED) is 0.271. The van der Waals surface area contributed by atoms with Gasteiger partial charge in [0.15, 0.2) is 11.2 Å². The summed E-state index contributed by atoms with van der Waals surface area (Å²) < 4.78 is 17.3. The van der Waals surface area contributed by atoms with E-state index in [0.717, 1.165) is 11.1 Å². The minimum absolute atomic E-state index is 0.00519. The third-order valence-corrected chi connectivity index (χ3v) is 6.78. The summed E-state index contributed by atoms with van der Waals surface area (Å²) in [6.07, 6.45) is 0. The summed E-state index contributed by atoms with van der Waals surface area (Å²) >= 11 is 6.28. The van der Waals surface area contributed by atoms with Crippen LogP contribution in [-0.4, -0.2) is 11.1 Å². The van der Waals surface area contributed by atoms with E-state index in [4.69, 9.17) is 25.3 Å². The van der Waals surface area contributed by atoms with Crippen molar-refractivity contribution in [3.8, 4) is 5.75 Å². The number of aromatic nitrogens is 1. The van der Waals surface area contributed by atoms with Gasteiger partial charge in [-0.15, -0.1) is 0 Å². The Morgan fingerprint density at radius 3 is 2.62 bits per heavy atom. The van der Waals surface area contributed by atoms with Crippen LogP contribution in [0.2, 0.25) is 5.02 Å². The Bertz CT molecular complexity index is 1740. The number of ether oxygens (including phenoxy) is 1. The molecule has 0 saturated carbocycles. The second-order valence-corrected chi connectivity index (χ2v) is 9.41. The minimum atomic E-state index is -0.781. The topological polar surface area (TPSA) is 85.8 Å². The van der Waals surface area contributed by atoms with Gasteiger partial charge in [-0.2, -0.15) is 0 Å². The van der Waals surface area contributed by atoms with Crippen LogP contribution >= 0.6 is 11.6 Å². The minimum Gasteiger partial charge on any atom is -0.489 e. The smallest absolute Gasteiger partial charge is 0.296 e. The van der Waals surface area contributed by atoms with E-state index in [-0.39, 0.29) is 23.4 Å². The number of benzene rings is 3. The van der Waals surface area contributed by atoms with Crippen LogP contribution in [0.5, 0.6) is 5.75 Å². The fraction of sp³-hybridized carbons (Fsp3) is 0.138. The zero-order valence-corrected chi connectivity index (χ0v) is 20.8. The maximum Gasteiger partial charge on any atom is 0.296 e. The lowest BCUT2D eigenvalue weighted by molar-refractivity contribution is 0.0969. The largest absolute Gasteiger partial charge is 0.489 e. The average molecular weight is 513 g/mol. The van der Waals surface area contributed by atoms with Gasteiger partial charge in [0.25, 0.3) is 5.91 Å². The van der Waals surface area contributed by atoms with Crippen molar-refractivity contribution in [1.29, 1.82) is 0 Å². The molecule has 0 spiro atoms. The molecule has 0 saturated heterocycles. The number of amides is 1. The van der Waals surface area contributed by atoms with Crippen LogP contribution in [0.15, 0.2) is 86.5 Å². The van der Waals surface area contributed by atoms with Gasteiger partial charge >= 0.3 is 0 Å². The van der Waals surface area contributed by atoms with Crippen molar-refractivity contribution in [3.63, 3.8) is 0 Å². The number of carbonyl (C=O) groups excluding carboxylic acids is 1. The highest BCUT2D eigenvalue weighted by atomic mass is 35.5. The van der Waals surface area contributed by atoms with Gasteiger partial charge in [-0.05, 0) is 49.7 Å². The molecule has 1 aliphatic heterocycles. The molecule has 0 N–H and O–H groups in total. The first-order valence-electron chi connectivity index (χ1n) is 11.7. The first-order chi connectivity index (χ1) is 17.9. The summed E-state index contributed by atoms with van der Waals surface area (Å²) in [6.45, 7) is 3.91. The average Bonchev–Trinajstić information content (AvgIpc) is 3.45. The summed E-state index contributed by atoms with van der Waals surface area (Å²) in [4.78, 5) is 28.9. The predicted molar refractivity (Wildman–Crippen MR) is 139 cm³/mol. The van der Waals surface area contributed by atoms with E-state index in [2.05, 4.69) is 5.16 Å². The summed E-state index contributed by atoms with van der Waals surface area (Å²) in [5, 5.41) is 5.10. The number of halogens is 1. The van der Waals surface area contributed by atoms with E-state index in [1.165, 1.54) is 4.90 Å². The van der Waals surface area contributed by atoms with Crippen molar-refractivity contribution in [2.24, 2.45) is 0 Å². The Hall–Kier alpha value is -4.36. The SMILES string of the molecule is Cc1ccc2oc3c(c(=O)c2c1)[C@@H](c1cccc(OCc2ccccc2Cl)c1)N(c1cc(C)on1)C3=O. The van der Waals surface area contributed by atoms with Crippen LogP contribution in [-0.2, 0) is 6.61 Å². The Balaban J connectivity index is 1.48. The Kier molecular flexibility index (Phi) is 5.57. The van der Waals surface area contributed by atoms with Gasteiger partial charge in [-0.25, -0.2) is 0 Å². The number of anilines is 1. The Morgan fingerprint density at radius 1 is 1.00 bits per heavy atom. The normalized spacial score (nSPS) is 14.8. The van der Waals surface area contributed by atoms with Crippen LogP contribution in [0.3, 0.4) is 0 Å². The van der Waals surface area contributed by atoms with Gasteiger partial charge in [-0.1, -0.05) is 58.7 Å². The molecule has 1 atom stereocenters. The molecule has 0 aliphatic carbocycles. The van der Waals surface area contributed by atoms with E-state index < -0.39 is 11.9 Å². The third kappa shape index (κ3) is 3.97. The molecule has 0 fully saturated rings. The molecule has 2 aromatic heterocycles. The van der Waals surface area contributed by atoms with E-state index >= 15 is 0 Å². The number of fused-ring (bicyclic) bond motifs is 2. The van der Waals surface area contributed by atoms with Crippen molar-refractivity contribution in [3.05, 3.63) is 122 Å². The van der Waals surface area contributed by atoms with Crippen LogP contribution in [0, 0.1) is 13.8 Å². The molecule has 5 aromatic rings. The maximum atomic E-state index is 13.8. The molecular weight excluding hydrogens is 492 g/mol. The first-order valence-corrected chi connectivity index (χ1v) is 12.1. The van der Waals surface area contributed by atoms with E-state index in [1.807, 2.05) is 55.5 Å². The molecule has 3 aromatic carbocycles. The first kappa shape index (κ1) is 23.1. The molecule has 7 nitrogen and oxygen atoms in total. The van der Waals surface area contributed by atoms with Crippen molar-refractivity contribution >= 4 is 34.3 Å². The molecule has 37 heavy (non-hydrogen) atoms. The van der Waals surface area contributed by atoms with Gasteiger partial charge in [-0.3, -0.25) is 14.5 Å². The van der Waals surface area contributed by atoms with E-state index in [9.17, 15) is 9.59 Å². The van der Waals surface area contributed by atoms with Crippen LogP contribution in [0.1, 0.15) is 44.6 Å². The van der Waals surface area contributed by atoms with Gasteiger partial charge in [0, 0.05) is 16.7 Å². The Morgan fingerprint density at radius 2 is 1.84 bits per heavy atom. The molecule has 184 valence electrons. The number of nitrogens with zero attached hydrogens (tertiary/aromatic N) is 2. The van der Waals surface area contributed by atoms with E-state index in [1.54, 1.807) is 31.2 Å². The highest BCUT2D eigenvalue weighted by Gasteiger charge is 2.45. The zero-order chi connectivity index (χ0) is 25.7. The molecule has 1 aliphatic rings. The second kappa shape index (κ2) is 8.94. The molecule has 1 amide bonds. The Labute approximate surface area is 216 Å². The van der Waals surface area contributed by atoms with Crippen molar-refractivity contribution in [2.75, 3.05) is 4.90 Å². The molecule has 0 unspecified atom stereocenters. The number of hydrogen-bond acceptors (Lipinski definition) is 6. The lowest BCUT2D eigenvalue weighted by Gasteiger charge is -2.23. The summed E-state index contributed by atoms with van der Waals surface area (Å²) in [5.41, 5.74) is 2.79. The second-order valence-electron chi connectivity index (χ2n) is 9.00. The van der Waals surface area contributed by atoms with Crippen LogP contribution in [0.4, 0.5) is 5.82 Å². The number of rotatable bonds is 5. The zero-order valence-electron chi connectivity index (χ0n) is 20.0. The van der Waals surface area contributed by atoms with Gasteiger partial charge in [0.05, 0.1) is 17.0 Å². The summed E-state index contributed by atoms with van der Waals surface area (Å²) in [7, 11) is 0. The molecule has 0 bridgehead atoms. The number of hydrogen-bond donors (Lipinski definition) is 0. The summed E-state index contributed by atoms with van der Waals surface area (Å²) in [5.74, 6) is 0.926. The molecular formula is C29H21ClN2O5. The van der Waals surface area contributed by atoms with Crippen molar-refractivity contribution in [2.45, 2.75) is 26.5 Å². The highest BCUT2D eigenvalue weighted by Crippen LogP contribution is 2.41. The van der Waals surface area contributed by atoms with Crippen molar-refractivity contribution < 1.29 is 18.5 Å². The van der Waals surface area contributed by atoms with E-state index in [0.29, 0.717) is 38.9 Å². The van der Waals surface area contributed by atoms with Crippen LogP contribution in [0.25, 0.3) is 11.0 Å². The predicted octanol–water partition coefficient (Wildman–Crippen LogP) is 6.38.